The van der Waals surface area contributed by atoms with Crippen LogP contribution in [0.25, 0.3) is 0 Å². The lowest BCUT2D eigenvalue weighted by atomic mass is 10.0. The van der Waals surface area contributed by atoms with Crippen molar-refractivity contribution in [3.8, 4) is 0 Å². The summed E-state index contributed by atoms with van der Waals surface area (Å²) < 4.78 is 0. The molecule has 2 unspecified atom stereocenters. The third-order valence-electron chi connectivity index (χ3n) is 2.93. The molecule has 1 aliphatic heterocycles. The highest BCUT2D eigenvalue weighted by Crippen LogP contribution is 2.16. The van der Waals surface area contributed by atoms with E-state index in [0.29, 0.717) is 18.2 Å². The van der Waals surface area contributed by atoms with Crippen LogP contribution >= 0.6 is 11.8 Å². The van der Waals surface area contributed by atoms with Gasteiger partial charge in [0.1, 0.15) is 5.92 Å². The molecule has 1 N–H and O–H groups in total. The predicted octanol–water partition coefficient (Wildman–Crippen LogP) is 1.23. The standard InChI is InChI=1S/C11H18N2O3S/c1-4-8-9(14)12-11(16)13(10(8)15)6-5-7(2)17-3/h7-8H,4-6H2,1-3H3,(H,12,14,16). The van der Waals surface area contributed by atoms with Crippen molar-refractivity contribution in [2.24, 2.45) is 5.92 Å². The Kier molecular flexibility index (Phi) is 4.99. The average molecular weight is 258 g/mol. The van der Waals surface area contributed by atoms with Gasteiger partial charge >= 0.3 is 6.03 Å². The SMILES string of the molecule is CCC1C(=O)NC(=O)N(CCC(C)SC)C1=O. The van der Waals surface area contributed by atoms with Crippen molar-refractivity contribution in [3.05, 3.63) is 0 Å². The van der Waals surface area contributed by atoms with Crippen molar-refractivity contribution >= 4 is 29.6 Å². The van der Waals surface area contributed by atoms with Gasteiger partial charge in [0.25, 0.3) is 0 Å². The molecule has 1 heterocycles. The maximum atomic E-state index is 11.9. The Morgan fingerprint density at radius 1 is 1.41 bits per heavy atom. The van der Waals surface area contributed by atoms with Crippen LogP contribution in [0.5, 0.6) is 0 Å². The van der Waals surface area contributed by atoms with E-state index in [0.717, 1.165) is 11.3 Å². The van der Waals surface area contributed by atoms with Gasteiger partial charge in [0.15, 0.2) is 0 Å². The van der Waals surface area contributed by atoms with Crippen LogP contribution in [0, 0.1) is 5.92 Å². The minimum absolute atomic E-state index is 0.366. The number of imide groups is 2. The summed E-state index contributed by atoms with van der Waals surface area (Å²) in [6.07, 6.45) is 3.15. The molecule has 0 saturated carbocycles. The van der Waals surface area contributed by atoms with Gasteiger partial charge in [0.2, 0.25) is 11.8 Å². The first kappa shape index (κ1) is 14.0. The molecule has 0 spiro atoms. The summed E-state index contributed by atoms with van der Waals surface area (Å²) in [6, 6.07) is -0.585. The Morgan fingerprint density at radius 3 is 2.59 bits per heavy atom. The van der Waals surface area contributed by atoms with Crippen LogP contribution in [0.4, 0.5) is 4.79 Å². The molecular formula is C11H18N2O3S. The van der Waals surface area contributed by atoms with Crippen LogP contribution in [0.1, 0.15) is 26.7 Å². The van der Waals surface area contributed by atoms with Crippen molar-refractivity contribution < 1.29 is 14.4 Å². The van der Waals surface area contributed by atoms with Gasteiger partial charge in [-0.2, -0.15) is 11.8 Å². The fourth-order valence-corrected chi connectivity index (χ4v) is 2.00. The number of nitrogens with one attached hydrogen (secondary N) is 1. The van der Waals surface area contributed by atoms with Crippen LogP contribution < -0.4 is 5.32 Å². The van der Waals surface area contributed by atoms with E-state index >= 15 is 0 Å². The van der Waals surface area contributed by atoms with Gasteiger partial charge in [-0.15, -0.1) is 0 Å². The fourth-order valence-electron chi connectivity index (χ4n) is 1.66. The van der Waals surface area contributed by atoms with E-state index in [1.807, 2.05) is 13.2 Å². The van der Waals surface area contributed by atoms with E-state index in [-0.39, 0.29) is 5.91 Å². The molecule has 17 heavy (non-hydrogen) atoms. The Bertz CT molecular complexity index is 333. The molecule has 5 nitrogen and oxygen atoms in total. The quantitative estimate of drug-likeness (QED) is 0.753. The molecule has 0 aromatic carbocycles. The largest absolute Gasteiger partial charge is 0.330 e. The summed E-state index contributed by atoms with van der Waals surface area (Å²) in [5.41, 5.74) is 0. The number of hydrogen-bond donors (Lipinski definition) is 1. The Labute approximate surface area is 105 Å². The Morgan fingerprint density at radius 2 is 2.06 bits per heavy atom. The summed E-state index contributed by atoms with van der Waals surface area (Å²) in [7, 11) is 0. The van der Waals surface area contributed by atoms with E-state index in [9.17, 15) is 14.4 Å². The Balaban J connectivity index is 2.67. The molecule has 0 radical (unpaired) electrons. The number of carbonyl (C=O) groups is 3. The first-order valence-corrected chi connectivity index (χ1v) is 6.99. The minimum Gasteiger partial charge on any atom is -0.277 e. The highest BCUT2D eigenvalue weighted by Gasteiger charge is 2.38. The third kappa shape index (κ3) is 3.21. The molecule has 1 saturated heterocycles. The van der Waals surface area contributed by atoms with Gasteiger partial charge in [0.05, 0.1) is 0 Å². The van der Waals surface area contributed by atoms with Crippen molar-refractivity contribution in [2.45, 2.75) is 31.9 Å². The molecule has 0 bridgehead atoms. The van der Waals surface area contributed by atoms with Gasteiger partial charge in [-0.3, -0.25) is 19.8 Å². The summed E-state index contributed by atoms with van der Waals surface area (Å²) >= 11 is 1.69. The van der Waals surface area contributed by atoms with Crippen LogP contribution in [0.15, 0.2) is 0 Å². The molecule has 0 aliphatic carbocycles. The van der Waals surface area contributed by atoms with Gasteiger partial charge in [-0.1, -0.05) is 13.8 Å². The normalized spacial score (nSPS) is 22.6. The number of nitrogens with zero attached hydrogens (tertiary/aromatic N) is 1. The zero-order chi connectivity index (χ0) is 13.0. The van der Waals surface area contributed by atoms with Gasteiger partial charge in [-0.25, -0.2) is 4.79 Å². The zero-order valence-electron chi connectivity index (χ0n) is 10.4. The second kappa shape index (κ2) is 6.05. The molecule has 1 aliphatic rings. The number of urea groups is 1. The number of carbonyl (C=O) groups excluding carboxylic acids is 3. The van der Waals surface area contributed by atoms with Gasteiger partial charge < -0.3 is 0 Å². The summed E-state index contributed by atoms with van der Waals surface area (Å²) in [4.78, 5) is 36.0. The van der Waals surface area contributed by atoms with E-state index in [1.165, 1.54) is 0 Å². The predicted molar refractivity (Wildman–Crippen MR) is 66.6 cm³/mol. The van der Waals surface area contributed by atoms with E-state index in [4.69, 9.17) is 0 Å². The average Bonchev–Trinajstić information content (AvgIpc) is 2.28. The number of barbiturate groups is 1. The second-order valence-corrected chi connectivity index (χ2v) is 5.36. The summed E-state index contributed by atoms with van der Waals surface area (Å²) in [5, 5.41) is 2.61. The number of hydrogen-bond acceptors (Lipinski definition) is 4. The topological polar surface area (TPSA) is 66.5 Å². The highest BCUT2D eigenvalue weighted by molar-refractivity contribution is 7.99. The molecule has 1 fully saturated rings. The number of thioether (sulfide) groups is 1. The molecule has 6 heteroatoms. The molecule has 1 rings (SSSR count). The molecular weight excluding hydrogens is 240 g/mol. The summed E-state index contributed by atoms with van der Waals surface area (Å²) in [6.45, 7) is 4.18. The first-order valence-electron chi connectivity index (χ1n) is 5.70. The number of rotatable bonds is 5. The van der Waals surface area contributed by atoms with Crippen molar-refractivity contribution in [2.75, 3.05) is 12.8 Å². The fraction of sp³-hybridized carbons (Fsp3) is 0.727. The smallest absolute Gasteiger partial charge is 0.277 e. The van der Waals surface area contributed by atoms with E-state index in [2.05, 4.69) is 5.32 Å². The molecule has 96 valence electrons. The lowest BCUT2D eigenvalue weighted by Crippen LogP contribution is -2.58. The molecule has 0 aromatic heterocycles. The van der Waals surface area contributed by atoms with Crippen molar-refractivity contribution in [1.82, 2.24) is 10.2 Å². The van der Waals surface area contributed by atoms with E-state index < -0.39 is 17.9 Å². The van der Waals surface area contributed by atoms with Crippen molar-refractivity contribution in [1.29, 1.82) is 0 Å². The highest BCUT2D eigenvalue weighted by atomic mass is 32.2. The first-order chi connectivity index (χ1) is 8.01. The van der Waals surface area contributed by atoms with Gasteiger partial charge in [-0.05, 0) is 19.1 Å². The number of amides is 4. The molecule has 0 aromatic rings. The lowest BCUT2D eigenvalue weighted by Gasteiger charge is -2.30. The maximum absolute atomic E-state index is 11.9. The van der Waals surface area contributed by atoms with Crippen LogP contribution in [0.2, 0.25) is 0 Å². The maximum Gasteiger partial charge on any atom is 0.330 e. The van der Waals surface area contributed by atoms with Gasteiger partial charge in [0, 0.05) is 11.8 Å². The molecule has 4 amide bonds. The molecule has 2 atom stereocenters. The van der Waals surface area contributed by atoms with Crippen LogP contribution in [-0.4, -0.2) is 40.8 Å². The van der Waals surface area contributed by atoms with Crippen molar-refractivity contribution in [3.63, 3.8) is 0 Å². The van der Waals surface area contributed by atoms with Crippen LogP contribution in [-0.2, 0) is 9.59 Å². The minimum atomic E-state index is -0.711. The third-order valence-corrected chi connectivity index (χ3v) is 3.97. The second-order valence-electron chi connectivity index (χ2n) is 4.08. The zero-order valence-corrected chi connectivity index (χ0v) is 11.2. The lowest BCUT2D eigenvalue weighted by molar-refractivity contribution is -0.142. The monoisotopic (exact) mass is 258 g/mol. The van der Waals surface area contributed by atoms with E-state index in [1.54, 1.807) is 18.7 Å². The summed E-state index contributed by atoms with van der Waals surface area (Å²) in [5.74, 6) is -1.55. The Hall–Kier alpha value is -1.04. The van der Waals surface area contributed by atoms with Crippen LogP contribution in [0.3, 0.4) is 0 Å².